The van der Waals surface area contributed by atoms with E-state index in [4.69, 9.17) is 14.2 Å². The van der Waals surface area contributed by atoms with Crippen molar-refractivity contribution in [1.82, 2.24) is 0 Å². The number of ether oxygens (including phenoxy) is 3. The number of carbonyl (C=O) groups excluding carboxylic acids is 3. The fourth-order valence-electron chi connectivity index (χ4n) is 6.35. The molecule has 0 amide bonds. The second-order valence-electron chi connectivity index (χ2n) is 16.0. The molecule has 346 valence electrons. The zero-order chi connectivity index (χ0) is 44.4. The summed E-state index contributed by atoms with van der Waals surface area (Å²) in [7, 11) is 0. The van der Waals surface area contributed by atoms with Crippen LogP contribution in [0.2, 0.25) is 0 Å². The lowest BCUT2D eigenvalue weighted by Crippen LogP contribution is -2.30. The van der Waals surface area contributed by atoms with Crippen LogP contribution in [0.4, 0.5) is 0 Å². The first-order valence-electron chi connectivity index (χ1n) is 24.8. The summed E-state index contributed by atoms with van der Waals surface area (Å²) in [5.41, 5.74) is 0. The van der Waals surface area contributed by atoms with Gasteiger partial charge in [0.15, 0.2) is 6.10 Å². The van der Waals surface area contributed by atoms with Crippen molar-refractivity contribution in [2.75, 3.05) is 13.2 Å². The summed E-state index contributed by atoms with van der Waals surface area (Å²) >= 11 is 0. The van der Waals surface area contributed by atoms with Crippen molar-refractivity contribution in [3.05, 3.63) is 97.2 Å². The van der Waals surface area contributed by atoms with Crippen LogP contribution < -0.4 is 0 Å². The quantitative estimate of drug-likeness (QED) is 0.0200. The van der Waals surface area contributed by atoms with Crippen molar-refractivity contribution in [2.24, 2.45) is 0 Å². The van der Waals surface area contributed by atoms with Crippen LogP contribution >= 0.6 is 0 Å². The first-order chi connectivity index (χ1) is 30.0. The summed E-state index contributed by atoms with van der Waals surface area (Å²) in [6, 6.07) is 0. The summed E-state index contributed by atoms with van der Waals surface area (Å²) in [6.45, 7) is 6.36. The molecule has 0 aliphatic heterocycles. The van der Waals surface area contributed by atoms with Crippen molar-refractivity contribution in [3.63, 3.8) is 0 Å². The van der Waals surface area contributed by atoms with E-state index in [1.807, 2.05) is 0 Å². The normalized spacial score (nSPS) is 12.9. The Morgan fingerprint density at radius 2 is 0.705 bits per heavy atom. The van der Waals surface area contributed by atoms with E-state index >= 15 is 0 Å². The van der Waals surface area contributed by atoms with E-state index in [1.165, 1.54) is 77.0 Å². The third-order valence-corrected chi connectivity index (χ3v) is 10.1. The fourth-order valence-corrected chi connectivity index (χ4v) is 6.35. The van der Waals surface area contributed by atoms with Gasteiger partial charge >= 0.3 is 17.9 Å². The molecule has 0 radical (unpaired) electrons. The summed E-state index contributed by atoms with van der Waals surface area (Å²) in [5, 5.41) is 0. The number of unbranched alkanes of at least 4 members (excludes halogenated alkanes) is 17. The number of hydrogen-bond donors (Lipinski definition) is 0. The van der Waals surface area contributed by atoms with Crippen LogP contribution in [-0.4, -0.2) is 37.2 Å². The first kappa shape index (κ1) is 57.3. The summed E-state index contributed by atoms with van der Waals surface area (Å²) in [5.74, 6) is -1.05. The molecule has 0 aromatic rings. The average Bonchev–Trinajstić information content (AvgIpc) is 3.26. The molecule has 0 spiro atoms. The summed E-state index contributed by atoms with van der Waals surface area (Å²) in [4.78, 5) is 37.8. The van der Waals surface area contributed by atoms with Crippen molar-refractivity contribution in [3.8, 4) is 0 Å². The van der Waals surface area contributed by atoms with E-state index in [0.717, 1.165) is 83.5 Å². The van der Waals surface area contributed by atoms with Gasteiger partial charge in [-0.2, -0.15) is 0 Å². The number of allylic oxidation sites excluding steroid dienone is 16. The van der Waals surface area contributed by atoms with Crippen LogP contribution in [0.15, 0.2) is 97.2 Å². The molecule has 0 heterocycles. The van der Waals surface area contributed by atoms with E-state index in [9.17, 15) is 14.4 Å². The molecule has 0 saturated carbocycles. The maximum absolute atomic E-state index is 12.8. The first-order valence-corrected chi connectivity index (χ1v) is 24.8. The number of rotatable bonds is 43. The van der Waals surface area contributed by atoms with Gasteiger partial charge in [-0.15, -0.1) is 0 Å². The Hall–Kier alpha value is -3.67. The molecule has 1 atom stereocenters. The molecule has 0 aromatic heterocycles. The number of carbonyl (C=O) groups is 3. The van der Waals surface area contributed by atoms with Crippen LogP contribution in [0.25, 0.3) is 0 Å². The monoisotopic (exact) mass is 847 g/mol. The molecule has 0 rings (SSSR count). The van der Waals surface area contributed by atoms with Gasteiger partial charge in [-0.25, -0.2) is 0 Å². The molecule has 0 aliphatic carbocycles. The minimum Gasteiger partial charge on any atom is -0.462 e. The summed E-state index contributed by atoms with van der Waals surface area (Å²) < 4.78 is 16.6. The van der Waals surface area contributed by atoms with Crippen molar-refractivity contribution < 1.29 is 28.6 Å². The maximum atomic E-state index is 12.8. The number of esters is 3. The zero-order valence-electron chi connectivity index (χ0n) is 39.4. The van der Waals surface area contributed by atoms with Crippen molar-refractivity contribution in [2.45, 2.75) is 219 Å². The van der Waals surface area contributed by atoms with E-state index in [-0.39, 0.29) is 44.0 Å². The van der Waals surface area contributed by atoms with Crippen molar-refractivity contribution >= 4 is 17.9 Å². The van der Waals surface area contributed by atoms with E-state index in [2.05, 4.69) is 118 Å². The Labute approximate surface area is 375 Å². The Morgan fingerprint density at radius 3 is 1.18 bits per heavy atom. The predicted octanol–water partition coefficient (Wildman–Crippen LogP) is 16.2. The highest BCUT2D eigenvalue weighted by Crippen LogP contribution is 2.12. The van der Waals surface area contributed by atoms with Crippen LogP contribution in [0.5, 0.6) is 0 Å². The zero-order valence-corrected chi connectivity index (χ0v) is 39.4. The van der Waals surface area contributed by atoms with Crippen molar-refractivity contribution in [1.29, 1.82) is 0 Å². The van der Waals surface area contributed by atoms with E-state index in [1.54, 1.807) is 0 Å². The molecule has 0 saturated heterocycles. The Balaban J connectivity index is 4.53. The molecule has 6 heteroatoms. The lowest BCUT2D eigenvalue weighted by molar-refractivity contribution is -0.167. The second-order valence-corrected chi connectivity index (χ2v) is 16.0. The van der Waals surface area contributed by atoms with Gasteiger partial charge in [-0.3, -0.25) is 14.4 Å². The molecule has 0 N–H and O–H groups in total. The standard InChI is InChI=1S/C55H90O6/c1-4-7-10-13-16-19-22-24-26-27-29-30-33-36-39-42-45-48-54(57)60-51-52(50-59-53(56)47-44-41-38-35-32-21-18-15-12-9-6-3)61-55(58)49-46-43-40-37-34-31-28-25-23-20-17-14-11-8-5-2/h9,12,17-18,20-21,23-26,29-30,35-36,38-39,52H,4-8,10-11,13-16,19,22,27-28,31-34,37,40-51H2,1-3H3/b12-9-,20-17-,21-18-,25-23-,26-24-,30-29-,38-35-,39-36-. The van der Waals surface area contributed by atoms with Gasteiger partial charge in [0.2, 0.25) is 0 Å². The molecule has 1 unspecified atom stereocenters. The predicted molar refractivity (Wildman–Crippen MR) is 260 cm³/mol. The summed E-state index contributed by atoms with van der Waals surface area (Å²) in [6.07, 6.45) is 64.0. The van der Waals surface area contributed by atoms with E-state index < -0.39 is 6.10 Å². The largest absolute Gasteiger partial charge is 0.462 e. The molecule has 6 nitrogen and oxygen atoms in total. The van der Waals surface area contributed by atoms with Gasteiger partial charge in [0, 0.05) is 19.3 Å². The molecule has 0 fully saturated rings. The van der Waals surface area contributed by atoms with Gasteiger partial charge < -0.3 is 14.2 Å². The maximum Gasteiger partial charge on any atom is 0.306 e. The number of hydrogen-bond acceptors (Lipinski definition) is 6. The minimum atomic E-state index is -0.824. The van der Waals surface area contributed by atoms with Crippen LogP contribution in [0.1, 0.15) is 213 Å². The molecule has 0 aromatic carbocycles. The van der Waals surface area contributed by atoms with Gasteiger partial charge in [-0.1, -0.05) is 189 Å². The van der Waals surface area contributed by atoms with Gasteiger partial charge in [-0.05, 0) is 103 Å². The topological polar surface area (TPSA) is 78.9 Å². The lowest BCUT2D eigenvalue weighted by atomic mass is 10.1. The minimum absolute atomic E-state index is 0.126. The SMILES string of the molecule is CC/C=C\C/C=C\C/C=C\CCCC(=O)OCC(COC(=O)CCC/C=C\C/C=C\C/C=C\CCCCCCCC)OC(=O)CCCCCCCC/C=C\C=C/CCCCC. The van der Waals surface area contributed by atoms with Crippen LogP contribution in [-0.2, 0) is 28.6 Å². The lowest BCUT2D eigenvalue weighted by Gasteiger charge is -2.18. The Morgan fingerprint density at radius 1 is 0.361 bits per heavy atom. The molecular formula is C55H90O6. The third-order valence-electron chi connectivity index (χ3n) is 10.1. The second kappa shape index (κ2) is 49.0. The molecule has 0 aliphatic rings. The van der Waals surface area contributed by atoms with Gasteiger partial charge in [0.25, 0.3) is 0 Å². The highest BCUT2D eigenvalue weighted by Gasteiger charge is 2.19. The fraction of sp³-hybridized carbons (Fsp3) is 0.655. The Kier molecular flexibility index (Phi) is 46.0. The van der Waals surface area contributed by atoms with Crippen LogP contribution in [0, 0.1) is 0 Å². The van der Waals surface area contributed by atoms with E-state index in [0.29, 0.717) is 19.3 Å². The molecular weight excluding hydrogens is 757 g/mol. The average molecular weight is 847 g/mol. The Bertz CT molecular complexity index is 1250. The van der Waals surface area contributed by atoms with Gasteiger partial charge in [0.05, 0.1) is 0 Å². The highest BCUT2D eigenvalue weighted by molar-refractivity contribution is 5.71. The third kappa shape index (κ3) is 47.2. The molecule has 61 heavy (non-hydrogen) atoms. The molecule has 0 bridgehead atoms. The highest BCUT2D eigenvalue weighted by atomic mass is 16.6. The van der Waals surface area contributed by atoms with Gasteiger partial charge in [0.1, 0.15) is 13.2 Å². The smallest absolute Gasteiger partial charge is 0.306 e. The van der Waals surface area contributed by atoms with Crippen LogP contribution in [0.3, 0.4) is 0 Å².